The molecule has 19 heavy (non-hydrogen) atoms. The Kier molecular flexibility index (Phi) is 5.76. The number of halogens is 1. The third-order valence-electron chi connectivity index (χ3n) is 3.45. The molecule has 0 bridgehead atoms. The molecule has 2 rings (SSSR count). The van der Waals surface area contributed by atoms with Crippen LogP contribution in [0.5, 0.6) is 0 Å². The lowest BCUT2D eigenvalue weighted by molar-refractivity contribution is 0.0748. The Labute approximate surface area is 114 Å². The molecule has 1 saturated heterocycles. The zero-order valence-corrected chi connectivity index (χ0v) is 11.4. The highest BCUT2D eigenvalue weighted by atomic mass is 19.1. The van der Waals surface area contributed by atoms with E-state index in [1.165, 1.54) is 6.07 Å². The van der Waals surface area contributed by atoms with Gasteiger partial charge in [0, 0.05) is 24.8 Å². The van der Waals surface area contributed by atoms with Crippen molar-refractivity contribution in [3.8, 4) is 0 Å². The lowest BCUT2D eigenvalue weighted by Gasteiger charge is -2.19. The first-order valence-corrected chi connectivity index (χ1v) is 6.93. The summed E-state index contributed by atoms with van der Waals surface area (Å²) in [6.07, 6.45) is 2.61. The smallest absolute Gasteiger partial charge is 0.128 e. The Morgan fingerprint density at radius 2 is 2.32 bits per heavy atom. The summed E-state index contributed by atoms with van der Waals surface area (Å²) in [6.45, 7) is 4.66. The Bertz CT molecular complexity index is 380. The standard InChI is InChI=1S/C15H22FNO2/c1-12(15-7-4-9-19-15)17-8-10-18-11-13-5-2-3-6-14(13)16/h2-3,5-6,12,15,17H,4,7-11H2,1H3. The molecule has 106 valence electrons. The van der Waals surface area contributed by atoms with Gasteiger partial charge >= 0.3 is 0 Å². The summed E-state index contributed by atoms with van der Waals surface area (Å²) >= 11 is 0. The van der Waals surface area contributed by atoms with E-state index in [-0.39, 0.29) is 5.82 Å². The highest BCUT2D eigenvalue weighted by Gasteiger charge is 2.21. The summed E-state index contributed by atoms with van der Waals surface area (Å²) in [5, 5.41) is 3.38. The van der Waals surface area contributed by atoms with E-state index < -0.39 is 0 Å². The maximum Gasteiger partial charge on any atom is 0.128 e. The number of ether oxygens (including phenoxy) is 2. The van der Waals surface area contributed by atoms with Gasteiger partial charge in [-0.25, -0.2) is 4.39 Å². The van der Waals surface area contributed by atoms with Crippen LogP contribution >= 0.6 is 0 Å². The van der Waals surface area contributed by atoms with Gasteiger partial charge in [-0.15, -0.1) is 0 Å². The summed E-state index contributed by atoms with van der Waals surface area (Å²) in [5.41, 5.74) is 0.606. The molecule has 1 N–H and O–H groups in total. The van der Waals surface area contributed by atoms with Crippen LogP contribution in [0.1, 0.15) is 25.3 Å². The average Bonchev–Trinajstić information content (AvgIpc) is 2.94. The van der Waals surface area contributed by atoms with Crippen LogP contribution in [0.4, 0.5) is 4.39 Å². The molecule has 0 amide bonds. The molecule has 3 nitrogen and oxygen atoms in total. The molecule has 0 radical (unpaired) electrons. The highest BCUT2D eigenvalue weighted by molar-refractivity contribution is 5.16. The van der Waals surface area contributed by atoms with Gasteiger partial charge in [0.2, 0.25) is 0 Å². The van der Waals surface area contributed by atoms with Crippen molar-refractivity contribution in [3.05, 3.63) is 35.6 Å². The van der Waals surface area contributed by atoms with Crippen LogP contribution in [0.25, 0.3) is 0 Å². The SMILES string of the molecule is CC(NCCOCc1ccccc1F)C1CCCO1. The van der Waals surface area contributed by atoms with Crippen LogP contribution < -0.4 is 5.32 Å². The molecule has 1 aromatic carbocycles. The van der Waals surface area contributed by atoms with E-state index in [1.54, 1.807) is 12.1 Å². The zero-order chi connectivity index (χ0) is 13.5. The van der Waals surface area contributed by atoms with Crippen molar-refractivity contribution in [2.24, 2.45) is 0 Å². The van der Waals surface area contributed by atoms with Crippen LogP contribution in [0, 0.1) is 5.82 Å². The van der Waals surface area contributed by atoms with E-state index in [1.807, 2.05) is 6.07 Å². The number of hydrogen-bond donors (Lipinski definition) is 1. The quantitative estimate of drug-likeness (QED) is 0.770. The van der Waals surface area contributed by atoms with Crippen molar-refractivity contribution in [2.45, 2.75) is 38.5 Å². The molecule has 1 aliphatic rings. The molecule has 1 aromatic rings. The Hall–Kier alpha value is -0.970. The molecule has 1 fully saturated rings. The lowest BCUT2D eigenvalue weighted by atomic mass is 10.1. The molecule has 0 aliphatic carbocycles. The van der Waals surface area contributed by atoms with E-state index in [4.69, 9.17) is 9.47 Å². The minimum atomic E-state index is -0.205. The first kappa shape index (κ1) is 14.4. The molecule has 0 spiro atoms. The lowest BCUT2D eigenvalue weighted by Crippen LogP contribution is -2.38. The second-order valence-corrected chi connectivity index (χ2v) is 4.94. The van der Waals surface area contributed by atoms with Gasteiger partial charge in [0.05, 0.1) is 19.3 Å². The van der Waals surface area contributed by atoms with E-state index >= 15 is 0 Å². The van der Waals surface area contributed by atoms with Crippen LogP contribution in [-0.4, -0.2) is 31.9 Å². The summed E-state index contributed by atoms with van der Waals surface area (Å²) in [7, 11) is 0. The fraction of sp³-hybridized carbons (Fsp3) is 0.600. The summed E-state index contributed by atoms with van der Waals surface area (Å²) < 4.78 is 24.4. The van der Waals surface area contributed by atoms with Gasteiger partial charge in [-0.1, -0.05) is 18.2 Å². The van der Waals surface area contributed by atoms with Crippen LogP contribution in [0.2, 0.25) is 0 Å². The van der Waals surface area contributed by atoms with Crippen molar-refractivity contribution in [2.75, 3.05) is 19.8 Å². The molecule has 0 saturated carbocycles. The minimum Gasteiger partial charge on any atom is -0.377 e. The predicted octanol–water partition coefficient (Wildman–Crippen LogP) is 2.50. The van der Waals surface area contributed by atoms with E-state index in [2.05, 4.69) is 12.2 Å². The molecule has 0 aromatic heterocycles. The topological polar surface area (TPSA) is 30.5 Å². The molecular weight excluding hydrogens is 245 g/mol. The molecule has 1 aliphatic heterocycles. The van der Waals surface area contributed by atoms with Gasteiger partial charge in [-0.05, 0) is 25.8 Å². The molecule has 1 heterocycles. The van der Waals surface area contributed by atoms with Gasteiger partial charge in [0.15, 0.2) is 0 Å². The van der Waals surface area contributed by atoms with E-state index in [0.29, 0.717) is 30.9 Å². The minimum absolute atomic E-state index is 0.205. The van der Waals surface area contributed by atoms with E-state index in [9.17, 15) is 4.39 Å². The first-order valence-electron chi connectivity index (χ1n) is 6.93. The monoisotopic (exact) mass is 267 g/mol. The van der Waals surface area contributed by atoms with Crippen LogP contribution in [0.3, 0.4) is 0 Å². The molecule has 2 atom stereocenters. The van der Waals surface area contributed by atoms with Gasteiger partial charge in [0.1, 0.15) is 5.82 Å². The molecule has 2 unspecified atom stereocenters. The normalized spacial score (nSPS) is 20.6. The predicted molar refractivity (Wildman–Crippen MR) is 72.5 cm³/mol. The van der Waals surface area contributed by atoms with Crippen molar-refractivity contribution in [3.63, 3.8) is 0 Å². The number of rotatable bonds is 7. The number of benzene rings is 1. The summed E-state index contributed by atoms with van der Waals surface area (Å²) in [4.78, 5) is 0. The fourth-order valence-electron chi connectivity index (χ4n) is 2.28. The average molecular weight is 267 g/mol. The van der Waals surface area contributed by atoms with E-state index in [0.717, 1.165) is 26.0 Å². The Balaban J connectivity index is 1.58. The van der Waals surface area contributed by atoms with Crippen molar-refractivity contribution >= 4 is 0 Å². The van der Waals surface area contributed by atoms with Crippen molar-refractivity contribution in [1.29, 1.82) is 0 Å². The summed E-state index contributed by atoms with van der Waals surface area (Å²) in [6, 6.07) is 7.05. The second-order valence-electron chi connectivity index (χ2n) is 4.94. The van der Waals surface area contributed by atoms with Gasteiger partial charge in [-0.2, -0.15) is 0 Å². The maximum atomic E-state index is 13.3. The third kappa shape index (κ3) is 4.56. The Morgan fingerprint density at radius 1 is 1.47 bits per heavy atom. The second kappa shape index (κ2) is 7.58. The Morgan fingerprint density at radius 3 is 3.05 bits per heavy atom. The number of hydrogen-bond acceptors (Lipinski definition) is 3. The summed E-state index contributed by atoms with van der Waals surface area (Å²) in [5.74, 6) is -0.205. The van der Waals surface area contributed by atoms with Crippen molar-refractivity contribution < 1.29 is 13.9 Å². The molecule has 4 heteroatoms. The maximum absolute atomic E-state index is 13.3. The third-order valence-corrected chi connectivity index (χ3v) is 3.45. The zero-order valence-electron chi connectivity index (χ0n) is 11.4. The first-order chi connectivity index (χ1) is 9.27. The van der Waals surface area contributed by atoms with Gasteiger partial charge in [-0.3, -0.25) is 0 Å². The fourth-order valence-corrected chi connectivity index (χ4v) is 2.28. The number of nitrogens with one attached hydrogen (secondary N) is 1. The van der Waals surface area contributed by atoms with Crippen LogP contribution in [0.15, 0.2) is 24.3 Å². The van der Waals surface area contributed by atoms with Gasteiger partial charge in [0.25, 0.3) is 0 Å². The van der Waals surface area contributed by atoms with Crippen LogP contribution in [-0.2, 0) is 16.1 Å². The molecular formula is C15H22FNO2. The largest absolute Gasteiger partial charge is 0.377 e. The highest BCUT2D eigenvalue weighted by Crippen LogP contribution is 2.15. The van der Waals surface area contributed by atoms with Gasteiger partial charge < -0.3 is 14.8 Å². The van der Waals surface area contributed by atoms with Crippen molar-refractivity contribution in [1.82, 2.24) is 5.32 Å².